The number of rotatable bonds is 2. The van der Waals surface area contributed by atoms with Gasteiger partial charge < -0.3 is 15.3 Å². The molecular formula is C12H15FN2O2. The van der Waals surface area contributed by atoms with E-state index in [4.69, 9.17) is 5.11 Å². The molecule has 1 fully saturated rings. The number of carbonyl (C=O) groups excluding carboxylic acids is 1. The third-order valence-corrected chi connectivity index (χ3v) is 2.93. The quantitative estimate of drug-likeness (QED) is 0.789. The summed E-state index contributed by atoms with van der Waals surface area (Å²) in [6.45, 7) is 2.09. The Labute approximate surface area is 99.0 Å². The number of anilines is 1. The summed E-state index contributed by atoms with van der Waals surface area (Å²) in [5, 5.41) is 12.0. The van der Waals surface area contributed by atoms with Crippen molar-refractivity contribution in [3.63, 3.8) is 0 Å². The largest absolute Gasteiger partial charge is 0.394 e. The average Bonchev–Trinajstić information content (AvgIpc) is 2.32. The number of aliphatic hydroxyl groups is 1. The molecule has 2 rings (SSSR count). The second kappa shape index (κ2) is 4.81. The fraction of sp³-hybridized carbons (Fsp3) is 0.417. The number of carbonyl (C=O) groups is 1. The fourth-order valence-corrected chi connectivity index (χ4v) is 2.02. The van der Waals surface area contributed by atoms with E-state index in [2.05, 4.69) is 5.32 Å². The Bertz CT molecular complexity index is 425. The summed E-state index contributed by atoms with van der Waals surface area (Å²) in [6.07, 6.45) is 0. The lowest BCUT2D eigenvalue weighted by Gasteiger charge is -2.37. The summed E-state index contributed by atoms with van der Waals surface area (Å²) in [5.74, 6) is -0.720. The summed E-state index contributed by atoms with van der Waals surface area (Å²) >= 11 is 0. The van der Waals surface area contributed by atoms with Gasteiger partial charge in [-0.05, 0) is 19.1 Å². The van der Waals surface area contributed by atoms with E-state index in [0.717, 1.165) is 0 Å². The molecule has 1 saturated heterocycles. The van der Waals surface area contributed by atoms with E-state index in [0.29, 0.717) is 6.54 Å². The predicted molar refractivity (Wildman–Crippen MR) is 62.2 cm³/mol. The van der Waals surface area contributed by atoms with Gasteiger partial charge in [0.1, 0.15) is 11.9 Å². The van der Waals surface area contributed by atoms with Crippen LogP contribution in [0, 0.1) is 5.82 Å². The summed E-state index contributed by atoms with van der Waals surface area (Å²) in [7, 11) is 0. The molecule has 2 atom stereocenters. The van der Waals surface area contributed by atoms with Crippen molar-refractivity contribution in [1.82, 2.24) is 5.32 Å². The Morgan fingerprint density at radius 1 is 1.53 bits per heavy atom. The minimum Gasteiger partial charge on any atom is -0.394 e. The molecule has 0 saturated carbocycles. The van der Waals surface area contributed by atoms with E-state index in [1.807, 2.05) is 6.92 Å². The first-order chi connectivity index (χ1) is 8.15. The first kappa shape index (κ1) is 12.0. The Hall–Kier alpha value is -1.46. The van der Waals surface area contributed by atoms with Crippen LogP contribution >= 0.6 is 0 Å². The smallest absolute Gasteiger partial charge is 0.246 e. The second-order valence-electron chi connectivity index (χ2n) is 4.15. The number of para-hydroxylation sites is 1. The van der Waals surface area contributed by atoms with Gasteiger partial charge in [0.2, 0.25) is 5.91 Å². The summed E-state index contributed by atoms with van der Waals surface area (Å²) < 4.78 is 13.7. The van der Waals surface area contributed by atoms with Crippen molar-refractivity contribution in [2.75, 3.05) is 18.1 Å². The van der Waals surface area contributed by atoms with Crippen LogP contribution < -0.4 is 10.2 Å². The molecule has 2 N–H and O–H groups in total. The third-order valence-electron chi connectivity index (χ3n) is 2.93. The van der Waals surface area contributed by atoms with Crippen molar-refractivity contribution in [1.29, 1.82) is 0 Å². The number of amides is 1. The van der Waals surface area contributed by atoms with Crippen molar-refractivity contribution < 1.29 is 14.3 Å². The topological polar surface area (TPSA) is 52.6 Å². The number of nitrogens with one attached hydrogen (secondary N) is 1. The molecule has 1 aliphatic heterocycles. The molecule has 0 bridgehead atoms. The van der Waals surface area contributed by atoms with E-state index < -0.39 is 11.9 Å². The number of hydrogen-bond acceptors (Lipinski definition) is 3. The summed E-state index contributed by atoms with van der Waals surface area (Å²) in [4.78, 5) is 13.5. The van der Waals surface area contributed by atoms with Crippen LogP contribution in [0.15, 0.2) is 24.3 Å². The van der Waals surface area contributed by atoms with Crippen molar-refractivity contribution in [3.8, 4) is 0 Å². The van der Waals surface area contributed by atoms with Gasteiger partial charge >= 0.3 is 0 Å². The highest BCUT2D eigenvalue weighted by Crippen LogP contribution is 2.23. The maximum Gasteiger partial charge on any atom is 0.246 e. The molecular weight excluding hydrogens is 223 g/mol. The first-order valence-corrected chi connectivity index (χ1v) is 5.57. The van der Waals surface area contributed by atoms with E-state index in [9.17, 15) is 9.18 Å². The maximum atomic E-state index is 13.7. The minimum atomic E-state index is -0.647. The van der Waals surface area contributed by atoms with Crippen molar-refractivity contribution in [2.24, 2.45) is 0 Å². The van der Waals surface area contributed by atoms with Crippen LogP contribution in [0.3, 0.4) is 0 Å². The van der Waals surface area contributed by atoms with Gasteiger partial charge in [-0.15, -0.1) is 0 Å². The van der Waals surface area contributed by atoms with Crippen molar-refractivity contribution in [2.45, 2.75) is 19.0 Å². The van der Waals surface area contributed by atoms with Gasteiger partial charge in [-0.25, -0.2) is 4.39 Å². The molecule has 2 unspecified atom stereocenters. The number of nitrogens with zero attached hydrogens (tertiary/aromatic N) is 1. The van der Waals surface area contributed by atoms with Crippen LogP contribution in [0.2, 0.25) is 0 Å². The Morgan fingerprint density at radius 3 is 2.88 bits per heavy atom. The zero-order chi connectivity index (χ0) is 12.4. The zero-order valence-electron chi connectivity index (χ0n) is 9.56. The highest BCUT2D eigenvalue weighted by atomic mass is 19.1. The average molecular weight is 238 g/mol. The minimum absolute atomic E-state index is 0.137. The Balaban J connectivity index is 2.35. The maximum absolute atomic E-state index is 13.7. The highest BCUT2D eigenvalue weighted by Gasteiger charge is 2.34. The molecule has 92 valence electrons. The van der Waals surface area contributed by atoms with Gasteiger partial charge in [-0.2, -0.15) is 0 Å². The van der Waals surface area contributed by atoms with Crippen LogP contribution in [0.5, 0.6) is 0 Å². The van der Waals surface area contributed by atoms with Gasteiger partial charge in [0.25, 0.3) is 0 Å². The van der Waals surface area contributed by atoms with Crippen LogP contribution in [0.1, 0.15) is 6.92 Å². The van der Waals surface area contributed by atoms with Gasteiger partial charge in [0, 0.05) is 12.6 Å². The van der Waals surface area contributed by atoms with Gasteiger partial charge in [-0.3, -0.25) is 4.79 Å². The van der Waals surface area contributed by atoms with Gasteiger partial charge in [-0.1, -0.05) is 12.1 Å². The number of aliphatic hydroxyl groups excluding tert-OH is 1. The standard InChI is InChI=1S/C12H15FN2O2/c1-8-6-14-10(7-16)12(17)15(8)11-5-3-2-4-9(11)13/h2-5,8,10,14,16H,6-7H2,1H3. The molecule has 0 spiro atoms. The van der Waals surface area contributed by atoms with Crippen LogP contribution in [0.25, 0.3) is 0 Å². The molecule has 0 radical (unpaired) electrons. The molecule has 0 aliphatic carbocycles. The number of piperazine rings is 1. The van der Waals surface area contributed by atoms with Crippen LogP contribution in [-0.4, -0.2) is 36.2 Å². The van der Waals surface area contributed by atoms with Gasteiger partial charge in [0.15, 0.2) is 0 Å². The molecule has 0 aromatic heterocycles. The van der Waals surface area contributed by atoms with Crippen LogP contribution in [-0.2, 0) is 4.79 Å². The lowest BCUT2D eigenvalue weighted by molar-refractivity contribution is -0.123. The monoisotopic (exact) mass is 238 g/mol. The second-order valence-corrected chi connectivity index (χ2v) is 4.15. The Morgan fingerprint density at radius 2 is 2.24 bits per heavy atom. The van der Waals surface area contributed by atoms with E-state index >= 15 is 0 Å². The molecule has 1 aliphatic rings. The molecule has 5 heteroatoms. The Kier molecular flexibility index (Phi) is 3.40. The van der Waals surface area contributed by atoms with Crippen LogP contribution in [0.4, 0.5) is 10.1 Å². The first-order valence-electron chi connectivity index (χ1n) is 5.57. The molecule has 1 aromatic rings. The highest BCUT2D eigenvalue weighted by molar-refractivity contribution is 5.98. The zero-order valence-corrected chi connectivity index (χ0v) is 9.56. The fourth-order valence-electron chi connectivity index (χ4n) is 2.02. The third kappa shape index (κ3) is 2.16. The number of benzene rings is 1. The number of hydrogen-bond donors (Lipinski definition) is 2. The molecule has 1 heterocycles. The lowest BCUT2D eigenvalue weighted by Crippen LogP contribution is -2.61. The van der Waals surface area contributed by atoms with E-state index in [1.165, 1.54) is 11.0 Å². The van der Waals surface area contributed by atoms with E-state index in [-0.39, 0.29) is 24.2 Å². The number of halogens is 1. The normalized spacial score (nSPS) is 25.1. The van der Waals surface area contributed by atoms with E-state index in [1.54, 1.807) is 18.2 Å². The van der Waals surface area contributed by atoms with Crippen molar-refractivity contribution >= 4 is 11.6 Å². The van der Waals surface area contributed by atoms with Gasteiger partial charge in [0.05, 0.1) is 12.3 Å². The predicted octanol–water partition coefficient (Wildman–Crippen LogP) is 0.511. The molecule has 1 amide bonds. The lowest BCUT2D eigenvalue weighted by atomic mass is 10.1. The SMILES string of the molecule is CC1CNC(CO)C(=O)N1c1ccccc1F. The summed E-state index contributed by atoms with van der Waals surface area (Å²) in [6, 6.07) is 5.39. The van der Waals surface area contributed by atoms with Crippen molar-refractivity contribution in [3.05, 3.63) is 30.1 Å². The molecule has 1 aromatic carbocycles. The summed E-state index contributed by atoms with van der Waals surface area (Å²) in [5.41, 5.74) is 0.268. The molecule has 17 heavy (non-hydrogen) atoms. The molecule has 4 nitrogen and oxygen atoms in total.